The first-order chi connectivity index (χ1) is 13.7. The number of imidazole rings is 1. The summed E-state index contributed by atoms with van der Waals surface area (Å²) in [7, 11) is 0. The second-order valence-corrected chi connectivity index (χ2v) is 6.72. The average Bonchev–Trinajstić information content (AvgIpc) is 3.15. The van der Waals surface area contributed by atoms with Crippen molar-refractivity contribution in [3.63, 3.8) is 0 Å². The van der Waals surface area contributed by atoms with Crippen molar-refractivity contribution >= 4 is 24.1 Å². The van der Waals surface area contributed by atoms with Gasteiger partial charge in [0.15, 0.2) is 17.5 Å². The molecule has 0 aliphatic carbocycles. The Morgan fingerprint density at radius 1 is 1.29 bits per heavy atom. The number of thiol groups is 1. The molecule has 8 heteroatoms. The van der Waals surface area contributed by atoms with Crippen molar-refractivity contribution < 1.29 is 8.78 Å². The van der Waals surface area contributed by atoms with E-state index in [1.54, 1.807) is 16.8 Å². The van der Waals surface area contributed by atoms with Gasteiger partial charge in [-0.2, -0.15) is 12.6 Å². The smallest absolute Gasteiger partial charge is 0.168 e. The van der Waals surface area contributed by atoms with Crippen molar-refractivity contribution in [2.75, 3.05) is 18.4 Å². The predicted molar refractivity (Wildman–Crippen MR) is 112 cm³/mol. The number of nitrogens with one attached hydrogen (secondary N) is 2. The van der Waals surface area contributed by atoms with Gasteiger partial charge in [0, 0.05) is 30.6 Å². The van der Waals surface area contributed by atoms with Crippen molar-refractivity contribution in [1.29, 1.82) is 0 Å². The van der Waals surface area contributed by atoms with Crippen LogP contribution in [0.3, 0.4) is 0 Å². The molecular weight excluding hydrogens is 380 g/mol. The fraction of sp³-hybridized carbons (Fsp3) is 0.400. The SMILES string of the molecule is CC.Fc1cc(F)c(-c2cnc3cc(CS)ccn23)nc1NC1CCCNC1. The van der Waals surface area contributed by atoms with E-state index in [1.165, 1.54) is 0 Å². The van der Waals surface area contributed by atoms with Crippen LogP contribution in [0, 0.1) is 11.6 Å². The van der Waals surface area contributed by atoms with Crippen LogP contribution in [0.5, 0.6) is 0 Å². The van der Waals surface area contributed by atoms with Crippen molar-refractivity contribution in [1.82, 2.24) is 19.7 Å². The Kier molecular flexibility index (Phi) is 6.85. The van der Waals surface area contributed by atoms with Crippen LogP contribution in [0.1, 0.15) is 32.3 Å². The summed E-state index contributed by atoms with van der Waals surface area (Å²) in [5.41, 5.74) is 2.23. The molecule has 1 unspecified atom stereocenters. The van der Waals surface area contributed by atoms with Crippen LogP contribution in [0.15, 0.2) is 30.6 Å². The monoisotopic (exact) mass is 405 g/mol. The second-order valence-electron chi connectivity index (χ2n) is 6.40. The minimum Gasteiger partial charge on any atom is -0.364 e. The minimum absolute atomic E-state index is 0.0667. The zero-order chi connectivity index (χ0) is 20.1. The normalized spacial score (nSPS) is 16.5. The number of fused-ring (bicyclic) bond motifs is 1. The summed E-state index contributed by atoms with van der Waals surface area (Å²) in [5.74, 6) is -0.749. The maximum Gasteiger partial charge on any atom is 0.168 e. The van der Waals surface area contributed by atoms with Gasteiger partial charge in [-0.05, 0) is 37.1 Å². The van der Waals surface area contributed by atoms with Gasteiger partial charge in [-0.25, -0.2) is 18.7 Å². The molecule has 4 rings (SSSR count). The molecule has 1 aliphatic heterocycles. The Bertz CT molecular complexity index is 938. The Balaban J connectivity index is 0.00000109. The Hall–Kier alpha value is -2.19. The van der Waals surface area contributed by atoms with E-state index in [4.69, 9.17) is 0 Å². The minimum atomic E-state index is -0.713. The number of aromatic nitrogens is 3. The molecule has 2 N–H and O–H groups in total. The number of rotatable bonds is 4. The van der Waals surface area contributed by atoms with Crippen molar-refractivity contribution in [3.05, 3.63) is 47.8 Å². The van der Waals surface area contributed by atoms with E-state index in [0.717, 1.165) is 37.6 Å². The molecule has 150 valence electrons. The van der Waals surface area contributed by atoms with Gasteiger partial charge in [0.2, 0.25) is 0 Å². The molecule has 5 nitrogen and oxygen atoms in total. The number of piperidine rings is 1. The van der Waals surface area contributed by atoms with E-state index in [9.17, 15) is 8.78 Å². The van der Waals surface area contributed by atoms with Gasteiger partial charge in [-0.1, -0.05) is 13.8 Å². The standard InChI is InChI=1S/C18H19F2N5S.C2H6/c19-13-7-14(20)18(23-12-2-1-4-21-8-12)24-17(13)15-9-22-16-6-11(10-26)3-5-25(15)16;1-2/h3,5-7,9,12,21,26H,1-2,4,8,10H2,(H,23,24);1-2H3. The average molecular weight is 406 g/mol. The van der Waals surface area contributed by atoms with Gasteiger partial charge >= 0.3 is 0 Å². The first kappa shape index (κ1) is 20.5. The zero-order valence-electron chi connectivity index (χ0n) is 16.0. The first-order valence-electron chi connectivity index (χ1n) is 9.56. The van der Waals surface area contributed by atoms with Crippen LogP contribution in [-0.2, 0) is 5.75 Å². The summed E-state index contributed by atoms with van der Waals surface area (Å²) >= 11 is 4.25. The Morgan fingerprint density at radius 3 is 2.82 bits per heavy atom. The summed E-state index contributed by atoms with van der Waals surface area (Å²) in [4.78, 5) is 8.55. The van der Waals surface area contributed by atoms with Gasteiger partial charge in [0.25, 0.3) is 0 Å². The molecule has 1 aliphatic rings. The fourth-order valence-corrected chi connectivity index (χ4v) is 3.41. The lowest BCUT2D eigenvalue weighted by atomic mass is 10.1. The number of pyridine rings is 2. The van der Waals surface area contributed by atoms with E-state index < -0.39 is 11.6 Å². The molecule has 28 heavy (non-hydrogen) atoms. The van der Waals surface area contributed by atoms with Crippen LogP contribution < -0.4 is 10.6 Å². The highest BCUT2D eigenvalue weighted by molar-refractivity contribution is 7.79. The predicted octanol–water partition coefficient (Wildman–Crippen LogP) is 4.29. The van der Waals surface area contributed by atoms with Crippen molar-refractivity contribution in [2.24, 2.45) is 0 Å². The summed E-state index contributed by atoms with van der Waals surface area (Å²) in [6, 6.07) is 4.72. The zero-order valence-corrected chi connectivity index (χ0v) is 16.9. The molecule has 1 saturated heterocycles. The summed E-state index contributed by atoms with van der Waals surface area (Å²) in [5, 5.41) is 6.35. The number of anilines is 1. The maximum absolute atomic E-state index is 14.4. The van der Waals surface area contributed by atoms with Crippen LogP contribution in [0.4, 0.5) is 14.6 Å². The molecular formula is C20H25F2N5S. The van der Waals surface area contributed by atoms with Gasteiger partial charge in [0.05, 0.1) is 11.9 Å². The lowest BCUT2D eigenvalue weighted by molar-refractivity contribution is 0.475. The molecule has 0 amide bonds. The topological polar surface area (TPSA) is 54.2 Å². The molecule has 0 spiro atoms. The first-order valence-corrected chi connectivity index (χ1v) is 10.2. The molecule has 0 radical (unpaired) electrons. The second kappa shape index (κ2) is 9.34. The number of halogens is 2. The molecule has 0 aromatic carbocycles. The fourth-order valence-electron chi connectivity index (χ4n) is 3.21. The van der Waals surface area contributed by atoms with Crippen molar-refractivity contribution in [3.8, 4) is 11.4 Å². The molecule has 3 aromatic rings. The number of nitrogens with zero attached hydrogens (tertiary/aromatic N) is 3. The molecule has 0 bridgehead atoms. The van der Waals surface area contributed by atoms with E-state index in [0.29, 0.717) is 17.1 Å². The molecule has 4 heterocycles. The summed E-state index contributed by atoms with van der Waals surface area (Å²) < 4.78 is 30.4. The van der Waals surface area contributed by atoms with E-state index >= 15 is 0 Å². The number of hydrogen-bond donors (Lipinski definition) is 3. The Morgan fingerprint density at radius 2 is 2.11 bits per heavy atom. The van der Waals surface area contributed by atoms with E-state index in [2.05, 4.69) is 33.2 Å². The van der Waals surface area contributed by atoms with Crippen LogP contribution >= 0.6 is 12.6 Å². The van der Waals surface area contributed by atoms with Gasteiger partial charge in [-0.3, -0.25) is 4.40 Å². The third-order valence-electron chi connectivity index (χ3n) is 4.57. The molecule has 3 aromatic heterocycles. The molecule has 0 saturated carbocycles. The van der Waals surface area contributed by atoms with Gasteiger partial charge < -0.3 is 10.6 Å². The lowest BCUT2D eigenvalue weighted by Gasteiger charge is -2.24. The third kappa shape index (κ3) is 4.28. The van der Waals surface area contributed by atoms with Gasteiger partial charge in [-0.15, -0.1) is 0 Å². The van der Waals surface area contributed by atoms with Crippen molar-refractivity contribution in [2.45, 2.75) is 38.5 Å². The highest BCUT2D eigenvalue weighted by atomic mass is 32.1. The lowest BCUT2D eigenvalue weighted by Crippen LogP contribution is -2.38. The maximum atomic E-state index is 14.4. The van der Waals surface area contributed by atoms with Gasteiger partial charge in [0.1, 0.15) is 11.3 Å². The molecule has 1 fully saturated rings. The summed E-state index contributed by atoms with van der Waals surface area (Å²) in [6.45, 7) is 5.69. The largest absolute Gasteiger partial charge is 0.364 e. The Labute approximate surface area is 169 Å². The number of hydrogen-bond acceptors (Lipinski definition) is 5. The quantitative estimate of drug-likeness (QED) is 0.567. The highest BCUT2D eigenvalue weighted by Crippen LogP contribution is 2.26. The molecule has 1 atom stereocenters. The van der Waals surface area contributed by atoms with Crippen LogP contribution in [0.25, 0.3) is 17.0 Å². The summed E-state index contributed by atoms with van der Waals surface area (Å²) in [6.07, 6.45) is 5.27. The van der Waals surface area contributed by atoms with E-state index in [1.807, 2.05) is 26.0 Å². The highest BCUT2D eigenvalue weighted by Gasteiger charge is 2.20. The van der Waals surface area contributed by atoms with E-state index in [-0.39, 0.29) is 17.6 Å². The van der Waals surface area contributed by atoms with Crippen LogP contribution in [-0.4, -0.2) is 33.5 Å². The third-order valence-corrected chi connectivity index (χ3v) is 4.94. The van der Waals surface area contributed by atoms with Crippen LogP contribution in [0.2, 0.25) is 0 Å².